The minimum Gasteiger partial charge on any atom is -0.261 e. The van der Waals surface area contributed by atoms with Crippen molar-refractivity contribution in [2.24, 2.45) is 0 Å². The fourth-order valence-corrected chi connectivity index (χ4v) is 2.13. The molecule has 0 N–H and O–H groups in total. The predicted molar refractivity (Wildman–Crippen MR) is 54.9 cm³/mol. The van der Waals surface area contributed by atoms with Gasteiger partial charge in [0.15, 0.2) is 0 Å². The highest BCUT2D eigenvalue weighted by molar-refractivity contribution is 7.90. The van der Waals surface area contributed by atoms with Crippen LogP contribution in [-0.2, 0) is 19.7 Å². The summed E-state index contributed by atoms with van der Waals surface area (Å²) >= 11 is 0. The Hall–Kier alpha value is -0.800. The lowest BCUT2D eigenvalue weighted by molar-refractivity contribution is -0.385. The summed E-state index contributed by atoms with van der Waals surface area (Å²) in [5.74, 6) is -14.7. The minimum atomic E-state index is -7.35. The number of nitrogens with zero attached hydrogens (tertiary/aromatic N) is 1. The highest BCUT2D eigenvalue weighted by Crippen LogP contribution is 2.55. The Kier molecular flexibility index (Phi) is 6.37. The van der Waals surface area contributed by atoms with E-state index in [9.17, 15) is 47.9 Å². The van der Waals surface area contributed by atoms with Crippen LogP contribution >= 0.6 is 0 Å². The molecule has 0 radical (unpaired) electrons. The van der Waals surface area contributed by atoms with Gasteiger partial charge in [0.2, 0.25) is 0 Å². The molecule has 0 aliphatic carbocycles. The van der Waals surface area contributed by atoms with E-state index in [4.69, 9.17) is 0 Å². The summed E-state index contributed by atoms with van der Waals surface area (Å²) in [6, 6.07) is 0. The first-order chi connectivity index (χ1) is 10.0. The normalized spacial score (nSPS) is 15.3. The largest absolute Gasteiger partial charge is 0.460 e. The van der Waals surface area contributed by atoms with Crippen molar-refractivity contribution >= 4 is 10.0 Å². The van der Waals surface area contributed by atoms with Gasteiger partial charge in [-0.1, -0.05) is 0 Å². The molecule has 0 unspecified atom stereocenters. The van der Waals surface area contributed by atoms with Gasteiger partial charge in [-0.2, -0.15) is 39.5 Å². The molecule has 0 amide bonds. The standard InChI is InChI=1S/C8H10F9NO4S/c1-3-21-18(22-4-2)23(19,20)8(16,17)6(11,12)5(9,10)7(13,14)15/h3-4H2,1-2H3. The van der Waals surface area contributed by atoms with Gasteiger partial charge in [-0.15, -0.1) is 0 Å². The second-order valence-electron chi connectivity index (χ2n) is 3.70. The molecule has 0 atom stereocenters. The van der Waals surface area contributed by atoms with Gasteiger partial charge in [0.1, 0.15) is 0 Å². The van der Waals surface area contributed by atoms with E-state index in [1.54, 1.807) is 0 Å². The van der Waals surface area contributed by atoms with Gasteiger partial charge in [-0.3, -0.25) is 9.68 Å². The van der Waals surface area contributed by atoms with Gasteiger partial charge in [0.25, 0.3) is 0 Å². The van der Waals surface area contributed by atoms with Crippen LogP contribution in [0.25, 0.3) is 0 Å². The second-order valence-corrected chi connectivity index (χ2v) is 5.46. The molecule has 140 valence electrons. The van der Waals surface area contributed by atoms with Crippen LogP contribution in [0.4, 0.5) is 39.5 Å². The van der Waals surface area contributed by atoms with Crippen LogP contribution in [0.1, 0.15) is 13.8 Å². The molecule has 0 aromatic rings. The zero-order chi connectivity index (χ0) is 18.9. The molecule has 0 aromatic heterocycles. The summed E-state index contributed by atoms with van der Waals surface area (Å²) in [5.41, 5.74) is 0. The first-order valence-corrected chi connectivity index (χ1v) is 6.97. The quantitative estimate of drug-likeness (QED) is 0.475. The van der Waals surface area contributed by atoms with E-state index in [2.05, 4.69) is 9.68 Å². The fraction of sp³-hybridized carbons (Fsp3) is 1.00. The topological polar surface area (TPSA) is 55.8 Å². The maximum Gasteiger partial charge on any atom is 0.460 e. The highest BCUT2D eigenvalue weighted by atomic mass is 32.2. The molecular formula is C8H10F9NO4S. The van der Waals surface area contributed by atoms with Crippen molar-refractivity contribution < 1.29 is 57.6 Å². The van der Waals surface area contributed by atoms with E-state index < -0.39 is 51.1 Å². The molecule has 0 fully saturated rings. The summed E-state index contributed by atoms with van der Waals surface area (Å²) in [6.45, 7) is 0.414. The molecule has 0 saturated heterocycles. The molecule has 0 bridgehead atoms. The zero-order valence-electron chi connectivity index (χ0n) is 11.3. The van der Waals surface area contributed by atoms with E-state index in [0.717, 1.165) is 13.8 Å². The molecule has 0 saturated carbocycles. The molecule has 5 nitrogen and oxygen atoms in total. The Bertz CT molecular complexity index is 498. The molecule has 0 aliphatic rings. The lowest BCUT2D eigenvalue weighted by atomic mass is 10.1. The smallest absolute Gasteiger partial charge is 0.261 e. The maximum atomic E-state index is 13.4. The summed E-state index contributed by atoms with van der Waals surface area (Å²) in [4.78, 5) is 7.82. The van der Waals surface area contributed by atoms with Crippen molar-refractivity contribution in [1.82, 2.24) is 4.63 Å². The van der Waals surface area contributed by atoms with Crippen LogP contribution < -0.4 is 0 Å². The van der Waals surface area contributed by atoms with Gasteiger partial charge in [-0.05, 0) is 13.8 Å². The molecule has 15 heteroatoms. The van der Waals surface area contributed by atoms with E-state index in [0.29, 0.717) is 0 Å². The number of halogens is 9. The lowest BCUT2D eigenvalue weighted by Crippen LogP contribution is -2.65. The average Bonchev–Trinajstić information content (AvgIpc) is 2.36. The Morgan fingerprint density at radius 2 is 1.13 bits per heavy atom. The third kappa shape index (κ3) is 3.51. The van der Waals surface area contributed by atoms with Crippen LogP contribution in [0.2, 0.25) is 0 Å². The van der Waals surface area contributed by atoms with Crippen molar-refractivity contribution in [1.29, 1.82) is 0 Å². The summed E-state index contributed by atoms with van der Waals surface area (Å²) in [7, 11) is -6.90. The number of sulfonamides is 1. The lowest BCUT2D eigenvalue weighted by Gasteiger charge is -2.34. The molecule has 0 rings (SSSR count). The Morgan fingerprint density at radius 3 is 1.39 bits per heavy atom. The Morgan fingerprint density at radius 1 is 0.783 bits per heavy atom. The van der Waals surface area contributed by atoms with Crippen molar-refractivity contribution in [2.75, 3.05) is 13.2 Å². The molecule has 23 heavy (non-hydrogen) atoms. The van der Waals surface area contributed by atoms with Crippen LogP contribution in [0, 0.1) is 0 Å². The van der Waals surface area contributed by atoms with E-state index in [1.165, 1.54) is 0 Å². The average molecular weight is 387 g/mol. The summed E-state index contributed by atoms with van der Waals surface area (Å²) < 4.78 is 135. The minimum absolute atomic E-state index is 0.767. The van der Waals surface area contributed by atoms with Crippen LogP contribution in [0.15, 0.2) is 0 Å². The van der Waals surface area contributed by atoms with Crippen molar-refractivity contribution in [3.63, 3.8) is 0 Å². The van der Waals surface area contributed by atoms with Crippen LogP contribution in [-0.4, -0.2) is 49.5 Å². The second kappa shape index (κ2) is 6.60. The molecule has 0 aromatic carbocycles. The van der Waals surface area contributed by atoms with Crippen molar-refractivity contribution in [3.8, 4) is 0 Å². The first kappa shape index (κ1) is 22.2. The van der Waals surface area contributed by atoms with Crippen LogP contribution in [0.5, 0.6) is 0 Å². The summed E-state index contributed by atoms with van der Waals surface area (Å²) in [6.07, 6.45) is -7.14. The third-order valence-electron chi connectivity index (χ3n) is 2.11. The van der Waals surface area contributed by atoms with Gasteiger partial charge in [-0.25, -0.2) is 8.42 Å². The predicted octanol–water partition coefficient (Wildman–Crippen LogP) is 2.95. The SMILES string of the molecule is CCON(OCC)S(=O)(=O)C(F)(F)C(F)(F)C(F)(F)C(F)(F)F. The van der Waals surface area contributed by atoms with E-state index in [-0.39, 0.29) is 0 Å². The third-order valence-corrected chi connectivity index (χ3v) is 3.61. The maximum absolute atomic E-state index is 13.4. The summed E-state index contributed by atoms with van der Waals surface area (Å²) in [5, 5.41) is -6.90. The van der Waals surface area contributed by atoms with Gasteiger partial charge < -0.3 is 0 Å². The molecule has 0 spiro atoms. The molecule has 0 heterocycles. The van der Waals surface area contributed by atoms with Crippen molar-refractivity contribution in [3.05, 3.63) is 0 Å². The Labute approximate surface area is 123 Å². The van der Waals surface area contributed by atoms with E-state index >= 15 is 0 Å². The zero-order valence-corrected chi connectivity index (χ0v) is 12.1. The number of alkyl halides is 9. The van der Waals surface area contributed by atoms with E-state index in [1.807, 2.05) is 0 Å². The van der Waals surface area contributed by atoms with Gasteiger partial charge >= 0.3 is 33.3 Å². The fourth-order valence-electron chi connectivity index (χ4n) is 1.00. The number of hydrogen-bond donors (Lipinski definition) is 0. The van der Waals surface area contributed by atoms with Crippen molar-refractivity contribution in [2.45, 2.75) is 37.1 Å². The molecular weight excluding hydrogens is 377 g/mol. The molecule has 0 aliphatic heterocycles. The van der Waals surface area contributed by atoms with Crippen LogP contribution in [0.3, 0.4) is 0 Å². The monoisotopic (exact) mass is 387 g/mol. The van der Waals surface area contributed by atoms with Gasteiger partial charge in [0.05, 0.1) is 17.8 Å². The first-order valence-electron chi connectivity index (χ1n) is 5.53. The number of hydrogen-bond acceptors (Lipinski definition) is 4. The van der Waals surface area contributed by atoms with Gasteiger partial charge in [0, 0.05) is 0 Å². The Balaban J connectivity index is 6.12. The highest BCUT2D eigenvalue weighted by Gasteiger charge is 2.86. The number of rotatable bonds is 8.